The molecule has 2 rings (SSSR count). The fourth-order valence-corrected chi connectivity index (χ4v) is 3.32. The molecule has 2 aromatic rings. The molecule has 2 aromatic heterocycles. The summed E-state index contributed by atoms with van der Waals surface area (Å²) in [5.41, 5.74) is 0. The van der Waals surface area contributed by atoms with Gasteiger partial charge < -0.3 is 48.0 Å². The molecule has 30 heavy (non-hydrogen) atoms. The lowest BCUT2D eigenvalue weighted by molar-refractivity contribution is -0.697. The van der Waals surface area contributed by atoms with Crippen molar-refractivity contribution < 1.29 is 57.1 Å². The summed E-state index contributed by atoms with van der Waals surface area (Å²) in [6, 6.07) is 12.5. The summed E-state index contributed by atoms with van der Waals surface area (Å²) < 4.78 is 4.53. The van der Waals surface area contributed by atoms with Gasteiger partial charge in [0.1, 0.15) is 13.1 Å². The normalized spacial score (nSPS) is 9.67. The number of halogens is 2. The third-order valence-electron chi connectivity index (χ3n) is 5.09. The standard InChI is InChI=1S/2C13H22N.2HI/c2*1-2-3-4-5-6-8-11-14-12-9-7-10-13-14;;/h2*7,9-10,12-13H,2-6,8,11H2,1H3;2*1H/q2*+1;;/p-2. The Hall–Kier alpha value is -0.240. The molecule has 0 atom stereocenters. The zero-order valence-electron chi connectivity index (χ0n) is 19.3. The average Bonchev–Trinajstić information content (AvgIpc) is 2.75. The van der Waals surface area contributed by atoms with Crippen LogP contribution in [0.4, 0.5) is 0 Å². The first-order valence-electron chi connectivity index (χ1n) is 11.7. The molecule has 0 N–H and O–H groups in total. The van der Waals surface area contributed by atoms with Gasteiger partial charge in [0.15, 0.2) is 24.8 Å². The van der Waals surface area contributed by atoms with E-state index in [9.17, 15) is 0 Å². The van der Waals surface area contributed by atoms with Gasteiger partial charge in [0, 0.05) is 37.1 Å². The fourth-order valence-electron chi connectivity index (χ4n) is 3.32. The van der Waals surface area contributed by atoms with Gasteiger partial charge in [0.25, 0.3) is 0 Å². The van der Waals surface area contributed by atoms with Crippen molar-refractivity contribution in [3.8, 4) is 0 Å². The first-order valence-corrected chi connectivity index (χ1v) is 11.7. The Labute approximate surface area is 220 Å². The van der Waals surface area contributed by atoms with E-state index >= 15 is 0 Å². The number of hydrogen-bond donors (Lipinski definition) is 0. The number of pyridine rings is 2. The van der Waals surface area contributed by atoms with Gasteiger partial charge in [-0.3, -0.25) is 0 Å². The molecule has 0 radical (unpaired) electrons. The van der Waals surface area contributed by atoms with Crippen LogP contribution in [0.2, 0.25) is 0 Å². The number of aryl methyl sites for hydroxylation is 2. The Morgan fingerprint density at radius 3 is 1.03 bits per heavy atom. The number of unbranched alkanes of at least 4 members (excludes halogenated alkanes) is 10. The lowest BCUT2D eigenvalue weighted by Gasteiger charge is -1.98. The summed E-state index contributed by atoms with van der Waals surface area (Å²) in [5.74, 6) is 0. The number of rotatable bonds is 14. The van der Waals surface area contributed by atoms with Gasteiger partial charge in [-0.1, -0.05) is 77.3 Å². The van der Waals surface area contributed by atoms with Crippen molar-refractivity contribution in [1.82, 2.24) is 0 Å². The van der Waals surface area contributed by atoms with E-state index < -0.39 is 0 Å². The van der Waals surface area contributed by atoms with Gasteiger partial charge in [-0.2, -0.15) is 0 Å². The van der Waals surface area contributed by atoms with Crippen LogP contribution in [0.1, 0.15) is 90.9 Å². The minimum atomic E-state index is 0. The summed E-state index contributed by atoms with van der Waals surface area (Å²) in [7, 11) is 0. The molecule has 2 heterocycles. The molecule has 172 valence electrons. The molecule has 0 aliphatic carbocycles. The van der Waals surface area contributed by atoms with E-state index in [1.165, 1.54) is 90.1 Å². The van der Waals surface area contributed by atoms with E-state index in [0.29, 0.717) is 0 Å². The Morgan fingerprint density at radius 1 is 0.400 bits per heavy atom. The van der Waals surface area contributed by atoms with Gasteiger partial charge in [0.05, 0.1) is 0 Å². The molecule has 0 fully saturated rings. The summed E-state index contributed by atoms with van der Waals surface area (Å²) >= 11 is 0. The maximum Gasteiger partial charge on any atom is 0.168 e. The highest BCUT2D eigenvalue weighted by molar-refractivity contribution is 4.84. The van der Waals surface area contributed by atoms with Gasteiger partial charge in [0.2, 0.25) is 0 Å². The van der Waals surface area contributed by atoms with Crippen LogP contribution in [0, 0.1) is 0 Å². The Bertz CT molecular complexity index is 498. The van der Waals surface area contributed by atoms with Crippen LogP contribution >= 0.6 is 0 Å². The third kappa shape index (κ3) is 19.7. The quantitative estimate of drug-likeness (QED) is 0.164. The van der Waals surface area contributed by atoms with Crippen LogP contribution in [0.25, 0.3) is 0 Å². The highest BCUT2D eigenvalue weighted by Gasteiger charge is 1.98. The first-order chi connectivity index (χ1) is 13.9. The average molecular weight is 638 g/mol. The molecule has 0 aliphatic rings. The summed E-state index contributed by atoms with van der Waals surface area (Å²) in [4.78, 5) is 0. The molecular formula is C26H44I2N2. The van der Waals surface area contributed by atoms with E-state index in [4.69, 9.17) is 0 Å². The molecule has 0 aromatic carbocycles. The van der Waals surface area contributed by atoms with Crippen LogP contribution in [0.15, 0.2) is 61.2 Å². The van der Waals surface area contributed by atoms with E-state index in [2.05, 4.69) is 84.2 Å². The molecule has 0 aliphatic heterocycles. The van der Waals surface area contributed by atoms with Crippen LogP contribution in [0.5, 0.6) is 0 Å². The molecule has 0 amide bonds. The lowest BCUT2D eigenvalue weighted by atomic mass is 10.1. The van der Waals surface area contributed by atoms with Crippen LogP contribution in [-0.4, -0.2) is 0 Å². The van der Waals surface area contributed by atoms with E-state index in [1.807, 2.05) is 0 Å². The highest BCUT2D eigenvalue weighted by Crippen LogP contribution is 2.05. The summed E-state index contributed by atoms with van der Waals surface area (Å²) in [6.45, 7) is 6.87. The van der Waals surface area contributed by atoms with Crippen LogP contribution in [-0.2, 0) is 13.1 Å². The minimum Gasteiger partial charge on any atom is -1.00 e. The number of hydrogen-bond acceptors (Lipinski definition) is 0. The summed E-state index contributed by atoms with van der Waals surface area (Å²) in [6.07, 6.45) is 25.1. The number of nitrogens with zero attached hydrogens (tertiary/aromatic N) is 2. The first kappa shape index (κ1) is 31.9. The van der Waals surface area contributed by atoms with Crippen molar-refractivity contribution in [2.24, 2.45) is 0 Å². The third-order valence-corrected chi connectivity index (χ3v) is 5.09. The van der Waals surface area contributed by atoms with Gasteiger partial charge in [-0.05, 0) is 12.8 Å². The van der Waals surface area contributed by atoms with Gasteiger partial charge in [-0.15, -0.1) is 0 Å². The van der Waals surface area contributed by atoms with E-state index in [1.54, 1.807) is 0 Å². The van der Waals surface area contributed by atoms with Gasteiger partial charge >= 0.3 is 0 Å². The SMILES string of the molecule is CCCCCCCC[n+]1ccccc1.CCCCCCCC[n+]1ccccc1.[I-].[I-]. The van der Waals surface area contributed by atoms with Crippen molar-refractivity contribution in [3.05, 3.63) is 61.2 Å². The predicted octanol–water partition coefficient (Wildman–Crippen LogP) is 0.677. The maximum absolute atomic E-state index is 2.26. The fraction of sp³-hybridized carbons (Fsp3) is 0.615. The Kier molecular flexibility index (Phi) is 26.6. The second kappa shape index (κ2) is 25.0. The van der Waals surface area contributed by atoms with Crippen molar-refractivity contribution in [2.75, 3.05) is 0 Å². The van der Waals surface area contributed by atoms with E-state index in [-0.39, 0.29) is 48.0 Å². The second-order valence-electron chi connectivity index (χ2n) is 7.76. The smallest absolute Gasteiger partial charge is 0.168 e. The topological polar surface area (TPSA) is 7.76 Å². The zero-order valence-corrected chi connectivity index (χ0v) is 23.6. The molecule has 0 saturated carbocycles. The lowest BCUT2D eigenvalue weighted by Crippen LogP contribution is -3.00. The monoisotopic (exact) mass is 638 g/mol. The largest absolute Gasteiger partial charge is 1.00 e. The van der Waals surface area contributed by atoms with Crippen molar-refractivity contribution >= 4 is 0 Å². The molecule has 0 spiro atoms. The Balaban J connectivity index is 0. The van der Waals surface area contributed by atoms with Crippen LogP contribution in [0.3, 0.4) is 0 Å². The molecule has 4 heteroatoms. The summed E-state index contributed by atoms with van der Waals surface area (Å²) in [5, 5.41) is 0. The zero-order chi connectivity index (χ0) is 20.1. The highest BCUT2D eigenvalue weighted by atomic mass is 127. The van der Waals surface area contributed by atoms with Gasteiger partial charge in [-0.25, -0.2) is 9.13 Å². The molecule has 2 nitrogen and oxygen atoms in total. The van der Waals surface area contributed by atoms with Crippen molar-refractivity contribution in [2.45, 2.75) is 104 Å². The van der Waals surface area contributed by atoms with E-state index in [0.717, 1.165) is 0 Å². The second-order valence-corrected chi connectivity index (χ2v) is 7.76. The maximum atomic E-state index is 2.26. The molecular weight excluding hydrogens is 594 g/mol. The van der Waals surface area contributed by atoms with Crippen molar-refractivity contribution in [3.63, 3.8) is 0 Å². The Morgan fingerprint density at radius 2 is 0.700 bits per heavy atom. The van der Waals surface area contributed by atoms with Crippen molar-refractivity contribution in [1.29, 1.82) is 0 Å². The molecule has 0 bridgehead atoms. The van der Waals surface area contributed by atoms with Crippen LogP contribution < -0.4 is 57.1 Å². The molecule has 0 unspecified atom stereocenters. The number of aromatic nitrogens is 2. The molecule has 0 saturated heterocycles. The minimum absolute atomic E-state index is 0. The predicted molar refractivity (Wildman–Crippen MR) is 120 cm³/mol.